The molecule has 2 aromatic carbocycles. The lowest BCUT2D eigenvalue weighted by molar-refractivity contribution is 0.0742. The van der Waals surface area contributed by atoms with Crippen LogP contribution in [-0.2, 0) is 0 Å². The molecule has 0 aliphatic heterocycles. The largest absolute Gasteiger partial charge is 0.508 e. The molecule has 1 heterocycles. The number of hydrogen-bond donors (Lipinski definition) is 1. The number of nitrogens with zero attached hydrogens (tertiary/aromatic N) is 2. The van der Waals surface area contributed by atoms with Gasteiger partial charge >= 0.3 is 0 Å². The molecule has 122 valence electrons. The third kappa shape index (κ3) is 3.31. The maximum Gasteiger partial charge on any atom is 0.254 e. The van der Waals surface area contributed by atoms with Crippen molar-refractivity contribution in [2.45, 2.75) is 13.0 Å². The van der Waals surface area contributed by atoms with E-state index in [1.54, 1.807) is 41.6 Å². The number of aromatic nitrogens is 1. The van der Waals surface area contributed by atoms with Crippen molar-refractivity contribution < 1.29 is 9.90 Å². The van der Waals surface area contributed by atoms with Crippen LogP contribution in [0.1, 0.15) is 28.3 Å². The lowest BCUT2D eigenvalue weighted by atomic mass is 10.0. The molecule has 0 aliphatic carbocycles. The van der Waals surface area contributed by atoms with Crippen molar-refractivity contribution >= 4 is 17.2 Å². The van der Waals surface area contributed by atoms with Crippen molar-refractivity contribution in [2.75, 3.05) is 7.05 Å². The van der Waals surface area contributed by atoms with Gasteiger partial charge in [0.2, 0.25) is 0 Å². The van der Waals surface area contributed by atoms with Crippen LogP contribution in [0.25, 0.3) is 11.1 Å². The SMILES string of the molecule is CC(c1nccs1)N(C)C(=O)c1cccc(-c2ccc(O)cc2)c1. The number of carbonyl (C=O) groups is 1. The number of thiazole rings is 1. The number of aromatic hydroxyl groups is 1. The fourth-order valence-electron chi connectivity index (χ4n) is 2.47. The van der Waals surface area contributed by atoms with Crippen LogP contribution in [0, 0.1) is 0 Å². The number of phenolic OH excluding ortho intramolecular Hbond substituents is 1. The monoisotopic (exact) mass is 338 g/mol. The highest BCUT2D eigenvalue weighted by atomic mass is 32.1. The first-order valence-electron chi connectivity index (χ1n) is 7.62. The van der Waals surface area contributed by atoms with Crippen LogP contribution < -0.4 is 0 Å². The molecule has 3 aromatic rings. The zero-order chi connectivity index (χ0) is 17.1. The molecule has 0 spiro atoms. The minimum absolute atomic E-state index is 0.0432. The van der Waals surface area contributed by atoms with E-state index in [2.05, 4.69) is 4.98 Å². The van der Waals surface area contributed by atoms with Gasteiger partial charge in [0.05, 0.1) is 6.04 Å². The van der Waals surface area contributed by atoms with Gasteiger partial charge in [-0.2, -0.15) is 0 Å². The van der Waals surface area contributed by atoms with Crippen LogP contribution in [0.3, 0.4) is 0 Å². The summed E-state index contributed by atoms with van der Waals surface area (Å²) < 4.78 is 0. The molecule has 0 radical (unpaired) electrons. The second-order valence-corrected chi connectivity index (χ2v) is 6.52. The Kier molecular flexibility index (Phi) is 4.62. The van der Waals surface area contributed by atoms with Gasteiger partial charge in [-0.15, -0.1) is 11.3 Å². The Labute approximate surface area is 145 Å². The highest BCUT2D eigenvalue weighted by Gasteiger charge is 2.20. The van der Waals surface area contributed by atoms with Crippen molar-refractivity contribution in [3.63, 3.8) is 0 Å². The molecule has 1 aromatic heterocycles. The fraction of sp³-hybridized carbons (Fsp3) is 0.158. The summed E-state index contributed by atoms with van der Waals surface area (Å²) in [6.45, 7) is 1.97. The number of carbonyl (C=O) groups excluding carboxylic acids is 1. The van der Waals surface area contributed by atoms with Gasteiger partial charge in [0, 0.05) is 24.2 Å². The van der Waals surface area contributed by atoms with Crippen molar-refractivity contribution in [2.24, 2.45) is 0 Å². The normalized spacial score (nSPS) is 11.9. The van der Waals surface area contributed by atoms with Crippen LogP contribution >= 0.6 is 11.3 Å². The van der Waals surface area contributed by atoms with Crippen molar-refractivity contribution in [3.05, 3.63) is 70.7 Å². The third-order valence-electron chi connectivity index (χ3n) is 4.02. The quantitative estimate of drug-likeness (QED) is 0.769. The molecule has 1 N–H and O–H groups in total. The molecule has 1 amide bonds. The molecule has 0 saturated carbocycles. The first-order valence-corrected chi connectivity index (χ1v) is 8.50. The van der Waals surface area contributed by atoms with Gasteiger partial charge in [-0.05, 0) is 42.3 Å². The average molecular weight is 338 g/mol. The van der Waals surface area contributed by atoms with E-state index in [0.29, 0.717) is 5.56 Å². The maximum absolute atomic E-state index is 12.8. The molecule has 0 fully saturated rings. The number of rotatable bonds is 4. The van der Waals surface area contributed by atoms with Gasteiger partial charge in [0.15, 0.2) is 0 Å². The standard InChI is InChI=1S/C19H18N2O2S/c1-13(18-20-10-11-24-18)21(2)19(23)16-5-3-4-15(12-16)14-6-8-17(22)9-7-14/h3-13,22H,1-2H3. The first-order chi connectivity index (χ1) is 11.6. The summed E-state index contributed by atoms with van der Waals surface area (Å²) in [4.78, 5) is 18.8. The highest BCUT2D eigenvalue weighted by Crippen LogP contribution is 2.26. The van der Waals surface area contributed by atoms with Crippen LogP contribution in [0.5, 0.6) is 5.75 Å². The van der Waals surface area contributed by atoms with Crippen molar-refractivity contribution in [3.8, 4) is 16.9 Å². The van der Waals surface area contributed by atoms with E-state index >= 15 is 0 Å². The summed E-state index contributed by atoms with van der Waals surface area (Å²) in [6.07, 6.45) is 1.75. The van der Waals surface area contributed by atoms with Crippen LogP contribution in [0.15, 0.2) is 60.1 Å². The Morgan fingerprint density at radius 2 is 1.92 bits per heavy atom. The Bertz CT molecular complexity index is 829. The molecular weight excluding hydrogens is 320 g/mol. The lowest BCUT2D eigenvalue weighted by Gasteiger charge is -2.23. The summed E-state index contributed by atoms with van der Waals surface area (Å²) >= 11 is 1.54. The minimum atomic E-state index is -0.0742. The molecule has 1 unspecified atom stereocenters. The molecule has 5 heteroatoms. The van der Waals surface area contributed by atoms with Gasteiger partial charge in [0.25, 0.3) is 5.91 Å². The van der Waals surface area contributed by atoms with Gasteiger partial charge in [-0.1, -0.05) is 24.3 Å². The van der Waals surface area contributed by atoms with Gasteiger partial charge in [-0.3, -0.25) is 4.79 Å². The summed E-state index contributed by atoms with van der Waals surface area (Å²) in [6, 6.07) is 14.4. The van der Waals surface area contributed by atoms with E-state index < -0.39 is 0 Å². The lowest BCUT2D eigenvalue weighted by Crippen LogP contribution is -2.29. The zero-order valence-corrected chi connectivity index (χ0v) is 14.3. The highest BCUT2D eigenvalue weighted by molar-refractivity contribution is 7.09. The smallest absolute Gasteiger partial charge is 0.254 e. The molecule has 1 atom stereocenters. The Morgan fingerprint density at radius 1 is 1.17 bits per heavy atom. The summed E-state index contributed by atoms with van der Waals surface area (Å²) in [5, 5.41) is 12.2. The van der Waals surface area contributed by atoms with Crippen LogP contribution in [0.4, 0.5) is 0 Å². The zero-order valence-electron chi connectivity index (χ0n) is 13.5. The maximum atomic E-state index is 12.8. The summed E-state index contributed by atoms with van der Waals surface area (Å²) in [5.41, 5.74) is 2.53. The van der Waals surface area contributed by atoms with E-state index in [0.717, 1.165) is 16.1 Å². The Morgan fingerprint density at radius 3 is 2.58 bits per heavy atom. The minimum Gasteiger partial charge on any atom is -0.508 e. The summed E-state index contributed by atoms with van der Waals surface area (Å²) in [5.74, 6) is 0.182. The summed E-state index contributed by atoms with van der Waals surface area (Å²) in [7, 11) is 1.79. The van der Waals surface area contributed by atoms with E-state index in [9.17, 15) is 9.90 Å². The fourth-order valence-corrected chi connectivity index (χ4v) is 3.21. The van der Waals surface area contributed by atoms with Gasteiger partial charge in [-0.25, -0.2) is 4.98 Å². The van der Waals surface area contributed by atoms with Gasteiger partial charge < -0.3 is 10.0 Å². The van der Waals surface area contributed by atoms with Crippen LogP contribution in [0.2, 0.25) is 0 Å². The van der Waals surface area contributed by atoms with E-state index in [1.807, 2.05) is 48.7 Å². The Balaban J connectivity index is 1.85. The predicted molar refractivity (Wildman–Crippen MR) is 96.2 cm³/mol. The van der Waals surface area contributed by atoms with Crippen LogP contribution in [-0.4, -0.2) is 27.9 Å². The number of phenols is 1. The molecule has 4 nitrogen and oxygen atoms in total. The molecular formula is C19H18N2O2S. The van der Waals surface area contributed by atoms with Crippen molar-refractivity contribution in [1.82, 2.24) is 9.88 Å². The van der Waals surface area contributed by atoms with Crippen molar-refractivity contribution in [1.29, 1.82) is 0 Å². The molecule has 0 saturated heterocycles. The number of hydrogen-bond acceptors (Lipinski definition) is 4. The van der Waals surface area contributed by atoms with Gasteiger partial charge in [0.1, 0.15) is 10.8 Å². The van der Waals surface area contributed by atoms with E-state index in [4.69, 9.17) is 0 Å². The molecule has 24 heavy (non-hydrogen) atoms. The molecule has 0 bridgehead atoms. The van der Waals surface area contributed by atoms with E-state index in [1.165, 1.54) is 0 Å². The predicted octanol–water partition coefficient (Wildman–Crippen LogP) is 4.35. The average Bonchev–Trinajstić information content (AvgIpc) is 3.15. The molecule has 0 aliphatic rings. The third-order valence-corrected chi connectivity index (χ3v) is 4.97. The topological polar surface area (TPSA) is 53.4 Å². The molecule has 3 rings (SSSR count). The second kappa shape index (κ2) is 6.84. The number of benzene rings is 2. The Hall–Kier alpha value is -2.66. The first kappa shape index (κ1) is 16.2. The van der Waals surface area contributed by atoms with E-state index in [-0.39, 0.29) is 17.7 Å². The number of amides is 1. The second-order valence-electron chi connectivity index (χ2n) is 5.59.